The fraction of sp³-hybridized carbons (Fsp3) is 0.533. The fourth-order valence-electron chi connectivity index (χ4n) is 2.61. The summed E-state index contributed by atoms with van der Waals surface area (Å²) in [5, 5.41) is 0. The Morgan fingerprint density at radius 2 is 2.05 bits per heavy atom. The molecule has 4 nitrogen and oxygen atoms in total. The predicted octanol–water partition coefficient (Wildman–Crippen LogP) is 1.79. The van der Waals surface area contributed by atoms with Gasteiger partial charge in [-0.3, -0.25) is 4.79 Å². The van der Waals surface area contributed by atoms with Crippen molar-refractivity contribution in [3.05, 3.63) is 35.9 Å². The van der Waals surface area contributed by atoms with Gasteiger partial charge in [0.15, 0.2) is 0 Å². The molecule has 0 unspecified atom stereocenters. The number of nitrogens with zero attached hydrogens (tertiary/aromatic N) is 1. The Kier molecular flexibility index (Phi) is 6.99. The van der Waals surface area contributed by atoms with E-state index in [0.717, 1.165) is 13.0 Å². The summed E-state index contributed by atoms with van der Waals surface area (Å²) in [6.45, 7) is 2.02. The maximum absolute atomic E-state index is 12.1. The van der Waals surface area contributed by atoms with Gasteiger partial charge in [-0.05, 0) is 12.0 Å². The van der Waals surface area contributed by atoms with Gasteiger partial charge in [-0.1, -0.05) is 30.3 Å². The first-order valence-corrected chi connectivity index (χ1v) is 6.79. The lowest BCUT2D eigenvalue weighted by Gasteiger charge is -2.16. The van der Waals surface area contributed by atoms with E-state index in [4.69, 9.17) is 10.5 Å². The molecule has 0 spiro atoms. The van der Waals surface area contributed by atoms with Crippen LogP contribution in [-0.2, 0) is 9.53 Å². The van der Waals surface area contributed by atoms with Crippen LogP contribution >= 0.6 is 12.4 Å². The third-order valence-corrected chi connectivity index (χ3v) is 3.68. The molecule has 0 bridgehead atoms. The highest BCUT2D eigenvalue weighted by atomic mass is 35.5. The third kappa shape index (κ3) is 4.20. The van der Waals surface area contributed by atoms with Crippen LogP contribution < -0.4 is 5.73 Å². The lowest BCUT2D eigenvalue weighted by atomic mass is 9.95. The van der Waals surface area contributed by atoms with Gasteiger partial charge in [0, 0.05) is 45.2 Å². The number of ether oxygens (including phenoxy) is 1. The van der Waals surface area contributed by atoms with E-state index < -0.39 is 0 Å². The van der Waals surface area contributed by atoms with Crippen LogP contribution in [0.2, 0.25) is 0 Å². The van der Waals surface area contributed by atoms with E-state index in [0.29, 0.717) is 19.6 Å². The number of hydrogen-bond donors (Lipinski definition) is 1. The third-order valence-electron chi connectivity index (χ3n) is 3.68. The van der Waals surface area contributed by atoms with E-state index in [2.05, 4.69) is 12.1 Å². The zero-order chi connectivity index (χ0) is 13.7. The Morgan fingerprint density at radius 1 is 1.35 bits per heavy atom. The van der Waals surface area contributed by atoms with Crippen LogP contribution in [0, 0.1) is 0 Å². The van der Waals surface area contributed by atoms with Gasteiger partial charge in [-0.15, -0.1) is 12.4 Å². The molecule has 1 aliphatic rings. The maximum atomic E-state index is 12.1. The van der Waals surface area contributed by atoms with Crippen LogP contribution in [0.15, 0.2) is 30.3 Å². The molecular formula is C15H23ClN2O2. The van der Waals surface area contributed by atoms with Crippen molar-refractivity contribution < 1.29 is 9.53 Å². The number of amides is 1. The van der Waals surface area contributed by atoms with Gasteiger partial charge < -0.3 is 15.4 Å². The zero-order valence-corrected chi connectivity index (χ0v) is 12.6. The number of nitrogens with two attached hydrogens (primary N) is 1. The zero-order valence-electron chi connectivity index (χ0n) is 11.8. The summed E-state index contributed by atoms with van der Waals surface area (Å²) in [6, 6.07) is 10.2. The van der Waals surface area contributed by atoms with Gasteiger partial charge in [0.1, 0.15) is 0 Å². The number of rotatable bonds is 5. The Morgan fingerprint density at radius 3 is 2.70 bits per heavy atom. The molecule has 1 aromatic carbocycles. The maximum Gasteiger partial charge on any atom is 0.222 e. The minimum absolute atomic E-state index is 0. The summed E-state index contributed by atoms with van der Waals surface area (Å²) in [5.41, 5.74) is 7.40. The fourth-order valence-corrected chi connectivity index (χ4v) is 2.61. The van der Waals surface area contributed by atoms with Gasteiger partial charge in [0.25, 0.3) is 0 Å². The van der Waals surface area contributed by atoms with Crippen LogP contribution in [-0.4, -0.2) is 43.7 Å². The molecule has 1 heterocycles. The first-order valence-electron chi connectivity index (χ1n) is 6.79. The van der Waals surface area contributed by atoms with Gasteiger partial charge >= 0.3 is 0 Å². The molecule has 5 heteroatoms. The first kappa shape index (κ1) is 17.0. The first-order chi connectivity index (χ1) is 9.22. The van der Waals surface area contributed by atoms with Crippen molar-refractivity contribution in [3.63, 3.8) is 0 Å². The smallest absolute Gasteiger partial charge is 0.222 e. The highest BCUT2D eigenvalue weighted by Gasteiger charge is 2.33. The summed E-state index contributed by atoms with van der Waals surface area (Å²) < 4.78 is 4.97. The Hall–Kier alpha value is -1.10. The van der Waals surface area contributed by atoms with E-state index in [-0.39, 0.29) is 30.3 Å². The molecule has 20 heavy (non-hydrogen) atoms. The van der Waals surface area contributed by atoms with Crippen LogP contribution in [0.3, 0.4) is 0 Å². The Bertz CT molecular complexity index is 414. The van der Waals surface area contributed by atoms with E-state index in [1.807, 2.05) is 23.1 Å². The average molecular weight is 299 g/mol. The quantitative estimate of drug-likeness (QED) is 0.843. The van der Waals surface area contributed by atoms with Crippen LogP contribution in [0.1, 0.15) is 24.3 Å². The number of halogens is 1. The monoisotopic (exact) mass is 298 g/mol. The molecule has 1 amide bonds. The Labute approximate surface area is 126 Å². The molecule has 1 aliphatic heterocycles. The lowest BCUT2D eigenvalue weighted by molar-refractivity contribution is -0.130. The summed E-state index contributed by atoms with van der Waals surface area (Å²) in [4.78, 5) is 13.9. The molecule has 1 fully saturated rings. The number of benzene rings is 1. The van der Waals surface area contributed by atoms with Gasteiger partial charge in [0.05, 0.1) is 0 Å². The summed E-state index contributed by atoms with van der Waals surface area (Å²) >= 11 is 0. The van der Waals surface area contributed by atoms with Crippen LogP contribution in [0.25, 0.3) is 0 Å². The topological polar surface area (TPSA) is 55.6 Å². The second-order valence-electron chi connectivity index (χ2n) is 5.08. The molecule has 2 rings (SSSR count). The van der Waals surface area contributed by atoms with Crippen molar-refractivity contribution in [1.82, 2.24) is 4.90 Å². The average Bonchev–Trinajstić information content (AvgIpc) is 2.82. The second-order valence-corrected chi connectivity index (χ2v) is 5.08. The van der Waals surface area contributed by atoms with Gasteiger partial charge in [-0.2, -0.15) is 0 Å². The van der Waals surface area contributed by atoms with Gasteiger partial charge in [0.2, 0.25) is 5.91 Å². The van der Waals surface area contributed by atoms with E-state index in [1.165, 1.54) is 5.56 Å². The standard InChI is InChI=1S/C15H22N2O2.ClH/c1-19-9-5-8-15(18)17-10-13(14(16)11-17)12-6-3-2-4-7-12;/h2-4,6-7,13-14H,5,8-11,16H2,1H3;1H/t13-,14+;/m0./s1. The van der Waals surface area contributed by atoms with Crippen molar-refractivity contribution in [2.75, 3.05) is 26.8 Å². The highest BCUT2D eigenvalue weighted by molar-refractivity contribution is 5.85. The van der Waals surface area contributed by atoms with Crippen LogP contribution in [0.5, 0.6) is 0 Å². The molecular weight excluding hydrogens is 276 g/mol. The van der Waals surface area contributed by atoms with Crippen molar-refractivity contribution in [2.24, 2.45) is 5.73 Å². The minimum atomic E-state index is 0. The van der Waals surface area contributed by atoms with Crippen molar-refractivity contribution in [1.29, 1.82) is 0 Å². The lowest BCUT2D eigenvalue weighted by Crippen LogP contribution is -2.32. The number of likely N-dealkylation sites (tertiary alicyclic amines) is 1. The summed E-state index contributed by atoms with van der Waals surface area (Å²) in [6.07, 6.45) is 1.32. The minimum Gasteiger partial charge on any atom is -0.385 e. The molecule has 1 saturated heterocycles. The molecule has 0 aliphatic carbocycles. The van der Waals surface area contributed by atoms with Crippen LogP contribution in [0.4, 0.5) is 0 Å². The molecule has 2 N–H and O–H groups in total. The molecule has 112 valence electrons. The number of carbonyl (C=O) groups excluding carboxylic acids is 1. The SMILES string of the molecule is COCCCC(=O)N1C[C@@H](N)[C@H](c2ccccc2)C1.Cl. The Balaban J connectivity index is 0.00000200. The molecule has 1 aromatic rings. The van der Waals surface area contributed by atoms with E-state index in [9.17, 15) is 4.79 Å². The molecule has 0 aromatic heterocycles. The highest BCUT2D eigenvalue weighted by Crippen LogP contribution is 2.26. The van der Waals surface area contributed by atoms with Gasteiger partial charge in [-0.25, -0.2) is 0 Å². The summed E-state index contributed by atoms with van der Waals surface area (Å²) in [5.74, 6) is 0.443. The normalized spacial score (nSPS) is 21.6. The predicted molar refractivity (Wildman–Crippen MR) is 82.1 cm³/mol. The number of hydrogen-bond acceptors (Lipinski definition) is 3. The van der Waals surface area contributed by atoms with E-state index >= 15 is 0 Å². The largest absolute Gasteiger partial charge is 0.385 e. The van der Waals surface area contributed by atoms with Crippen molar-refractivity contribution >= 4 is 18.3 Å². The number of methoxy groups -OCH3 is 1. The molecule has 0 saturated carbocycles. The van der Waals surface area contributed by atoms with Crippen molar-refractivity contribution in [2.45, 2.75) is 24.8 Å². The second kappa shape index (κ2) is 8.25. The molecule has 2 atom stereocenters. The van der Waals surface area contributed by atoms with Crippen molar-refractivity contribution in [3.8, 4) is 0 Å². The van der Waals surface area contributed by atoms with E-state index in [1.54, 1.807) is 7.11 Å². The molecule has 0 radical (unpaired) electrons. The number of carbonyl (C=O) groups is 1. The summed E-state index contributed by atoms with van der Waals surface area (Å²) in [7, 11) is 1.65.